The molecule has 2 aromatic rings. The van der Waals surface area contributed by atoms with Crippen molar-refractivity contribution in [3.8, 4) is 0 Å². The first-order chi connectivity index (χ1) is 11.5. The highest BCUT2D eigenvalue weighted by molar-refractivity contribution is 6.08. The SMILES string of the molecule is COC(=O)[C@@H](Cc1ccc(C(=O)c2ccccc2)cc1)NC(C)=O. The molecule has 2 aromatic carbocycles. The molecular formula is C19H19NO4. The van der Waals surface area contributed by atoms with Gasteiger partial charge in [-0.15, -0.1) is 0 Å². The minimum atomic E-state index is -0.747. The van der Waals surface area contributed by atoms with Gasteiger partial charge in [-0.2, -0.15) is 0 Å². The molecule has 5 nitrogen and oxygen atoms in total. The van der Waals surface area contributed by atoms with Crippen molar-refractivity contribution in [1.29, 1.82) is 0 Å². The van der Waals surface area contributed by atoms with Crippen molar-refractivity contribution >= 4 is 17.7 Å². The van der Waals surface area contributed by atoms with Crippen LogP contribution in [0.15, 0.2) is 54.6 Å². The van der Waals surface area contributed by atoms with Crippen molar-refractivity contribution in [1.82, 2.24) is 5.32 Å². The first kappa shape index (κ1) is 17.4. The summed E-state index contributed by atoms with van der Waals surface area (Å²) in [5.74, 6) is -0.871. The topological polar surface area (TPSA) is 72.5 Å². The number of hydrogen-bond acceptors (Lipinski definition) is 4. The smallest absolute Gasteiger partial charge is 0.328 e. The second-order valence-corrected chi connectivity index (χ2v) is 5.37. The first-order valence-corrected chi connectivity index (χ1v) is 7.55. The Morgan fingerprint density at radius 3 is 2.08 bits per heavy atom. The van der Waals surface area contributed by atoms with E-state index in [0.717, 1.165) is 5.56 Å². The van der Waals surface area contributed by atoms with Crippen LogP contribution in [-0.4, -0.2) is 30.8 Å². The van der Waals surface area contributed by atoms with Crippen molar-refractivity contribution in [3.05, 3.63) is 71.3 Å². The molecule has 1 atom stereocenters. The van der Waals surface area contributed by atoms with Gasteiger partial charge >= 0.3 is 5.97 Å². The molecule has 1 N–H and O–H groups in total. The summed E-state index contributed by atoms with van der Waals surface area (Å²) < 4.78 is 4.70. The third-order valence-corrected chi connectivity index (χ3v) is 3.56. The highest BCUT2D eigenvalue weighted by Crippen LogP contribution is 2.12. The van der Waals surface area contributed by atoms with E-state index >= 15 is 0 Å². The number of methoxy groups -OCH3 is 1. The Kier molecular flexibility index (Phi) is 5.84. The molecule has 0 bridgehead atoms. The average Bonchev–Trinajstić information content (AvgIpc) is 2.61. The molecule has 0 saturated carbocycles. The molecule has 1 amide bonds. The van der Waals surface area contributed by atoms with Gasteiger partial charge in [-0.1, -0.05) is 54.6 Å². The quantitative estimate of drug-likeness (QED) is 0.652. The number of nitrogens with one attached hydrogen (secondary N) is 1. The lowest BCUT2D eigenvalue weighted by atomic mass is 9.99. The molecule has 0 fully saturated rings. The lowest BCUT2D eigenvalue weighted by Gasteiger charge is -2.15. The molecule has 124 valence electrons. The van der Waals surface area contributed by atoms with Crippen LogP contribution in [0.3, 0.4) is 0 Å². The second kappa shape index (κ2) is 8.06. The van der Waals surface area contributed by atoms with E-state index in [1.54, 1.807) is 36.4 Å². The number of benzene rings is 2. The van der Waals surface area contributed by atoms with Gasteiger partial charge < -0.3 is 10.1 Å². The Morgan fingerprint density at radius 1 is 0.958 bits per heavy atom. The highest BCUT2D eigenvalue weighted by Gasteiger charge is 2.20. The Bertz CT molecular complexity index is 723. The maximum absolute atomic E-state index is 12.3. The molecule has 0 aliphatic carbocycles. The zero-order valence-electron chi connectivity index (χ0n) is 13.6. The molecule has 0 saturated heterocycles. The van der Waals surface area contributed by atoms with Crippen LogP contribution in [0.2, 0.25) is 0 Å². The molecule has 0 aliphatic rings. The van der Waals surface area contributed by atoms with Gasteiger partial charge in [0.05, 0.1) is 7.11 Å². The molecule has 0 unspecified atom stereocenters. The molecular weight excluding hydrogens is 306 g/mol. The maximum atomic E-state index is 12.3. The fraction of sp³-hybridized carbons (Fsp3) is 0.211. The number of hydrogen-bond donors (Lipinski definition) is 1. The molecule has 0 aliphatic heterocycles. The summed E-state index contributed by atoms with van der Waals surface area (Å²) in [4.78, 5) is 35.3. The van der Waals surface area contributed by atoms with Gasteiger partial charge in [0, 0.05) is 24.5 Å². The van der Waals surface area contributed by atoms with Crippen molar-refractivity contribution in [2.24, 2.45) is 0 Å². The number of amides is 1. The van der Waals surface area contributed by atoms with E-state index in [0.29, 0.717) is 17.5 Å². The summed E-state index contributed by atoms with van der Waals surface area (Å²) >= 11 is 0. The highest BCUT2D eigenvalue weighted by atomic mass is 16.5. The van der Waals surface area contributed by atoms with E-state index in [1.807, 2.05) is 18.2 Å². The first-order valence-electron chi connectivity index (χ1n) is 7.55. The molecule has 0 radical (unpaired) electrons. The number of rotatable bonds is 6. The van der Waals surface area contributed by atoms with Crippen LogP contribution in [0.1, 0.15) is 28.4 Å². The van der Waals surface area contributed by atoms with Gasteiger partial charge in [0.25, 0.3) is 0 Å². The monoisotopic (exact) mass is 325 g/mol. The van der Waals surface area contributed by atoms with E-state index in [2.05, 4.69) is 5.32 Å². The fourth-order valence-corrected chi connectivity index (χ4v) is 2.37. The van der Waals surface area contributed by atoms with Crippen molar-refractivity contribution in [2.45, 2.75) is 19.4 Å². The summed E-state index contributed by atoms with van der Waals surface area (Å²) in [6, 6.07) is 15.2. The normalized spacial score (nSPS) is 11.4. The summed E-state index contributed by atoms with van der Waals surface area (Å²) in [5.41, 5.74) is 2.01. The Labute approximate surface area is 140 Å². The van der Waals surface area contributed by atoms with Gasteiger partial charge in [0.1, 0.15) is 6.04 Å². The Morgan fingerprint density at radius 2 is 1.54 bits per heavy atom. The molecule has 24 heavy (non-hydrogen) atoms. The minimum absolute atomic E-state index is 0.0615. The van der Waals surface area contributed by atoms with Gasteiger partial charge in [-0.05, 0) is 5.56 Å². The third kappa shape index (κ3) is 4.52. The zero-order chi connectivity index (χ0) is 17.5. The fourth-order valence-electron chi connectivity index (χ4n) is 2.37. The number of ketones is 1. The zero-order valence-corrected chi connectivity index (χ0v) is 13.6. The maximum Gasteiger partial charge on any atom is 0.328 e. The summed E-state index contributed by atoms with van der Waals surface area (Å²) in [7, 11) is 1.28. The van der Waals surface area contributed by atoms with Crippen LogP contribution in [-0.2, 0) is 20.7 Å². The van der Waals surface area contributed by atoms with E-state index in [9.17, 15) is 14.4 Å². The summed E-state index contributed by atoms with van der Waals surface area (Å²) in [6.07, 6.45) is 0.298. The van der Waals surface area contributed by atoms with Crippen LogP contribution in [0.5, 0.6) is 0 Å². The second-order valence-electron chi connectivity index (χ2n) is 5.37. The van der Waals surface area contributed by atoms with Gasteiger partial charge in [-0.3, -0.25) is 9.59 Å². The number of ether oxygens (including phenoxy) is 1. The summed E-state index contributed by atoms with van der Waals surface area (Å²) in [6.45, 7) is 1.34. The Hall–Kier alpha value is -2.95. The third-order valence-electron chi connectivity index (χ3n) is 3.56. The van der Waals surface area contributed by atoms with E-state index < -0.39 is 12.0 Å². The van der Waals surface area contributed by atoms with Crippen LogP contribution in [0.4, 0.5) is 0 Å². The minimum Gasteiger partial charge on any atom is -0.467 e. The largest absolute Gasteiger partial charge is 0.467 e. The van der Waals surface area contributed by atoms with E-state index in [1.165, 1.54) is 14.0 Å². The number of esters is 1. The standard InChI is InChI=1S/C19H19NO4/c1-13(21)20-17(19(23)24-2)12-14-8-10-16(11-9-14)18(22)15-6-4-3-5-7-15/h3-11,17H,12H2,1-2H3,(H,20,21)/t17-/m1/s1. The van der Waals surface area contributed by atoms with E-state index in [-0.39, 0.29) is 11.7 Å². The van der Waals surface area contributed by atoms with Gasteiger partial charge in [0.2, 0.25) is 5.91 Å². The molecule has 0 aromatic heterocycles. The summed E-state index contributed by atoms with van der Waals surface area (Å²) in [5, 5.41) is 2.56. The predicted octanol–water partition coefficient (Wildman–Crippen LogP) is 2.14. The lowest BCUT2D eigenvalue weighted by Crippen LogP contribution is -2.41. The molecule has 5 heteroatoms. The number of carbonyl (C=O) groups excluding carboxylic acids is 3. The number of carbonyl (C=O) groups is 3. The molecule has 0 spiro atoms. The molecule has 2 rings (SSSR count). The van der Waals surface area contributed by atoms with E-state index in [4.69, 9.17) is 4.74 Å². The van der Waals surface area contributed by atoms with Crippen LogP contribution < -0.4 is 5.32 Å². The van der Waals surface area contributed by atoms with Crippen molar-refractivity contribution in [2.75, 3.05) is 7.11 Å². The van der Waals surface area contributed by atoms with Crippen LogP contribution >= 0.6 is 0 Å². The van der Waals surface area contributed by atoms with Crippen molar-refractivity contribution < 1.29 is 19.1 Å². The molecule has 0 heterocycles. The average molecular weight is 325 g/mol. The van der Waals surface area contributed by atoms with Gasteiger partial charge in [0.15, 0.2) is 5.78 Å². The van der Waals surface area contributed by atoms with Crippen LogP contribution in [0.25, 0.3) is 0 Å². The lowest BCUT2D eigenvalue weighted by molar-refractivity contribution is -0.144. The predicted molar refractivity (Wildman–Crippen MR) is 89.6 cm³/mol. The Balaban J connectivity index is 2.12. The van der Waals surface area contributed by atoms with Crippen molar-refractivity contribution in [3.63, 3.8) is 0 Å². The van der Waals surface area contributed by atoms with Crippen LogP contribution in [0, 0.1) is 0 Å². The van der Waals surface area contributed by atoms with Gasteiger partial charge in [-0.25, -0.2) is 4.79 Å².